The highest BCUT2D eigenvalue weighted by atomic mass is 16.6. The molecule has 4 nitrogen and oxygen atoms in total. The van der Waals surface area contributed by atoms with E-state index in [2.05, 4.69) is 6.08 Å². The summed E-state index contributed by atoms with van der Waals surface area (Å²) in [6.45, 7) is 1.08. The number of aliphatic imine (C=N–C) groups is 1. The molecular formula is C16H27NO3. The molecule has 0 unspecified atom stereocenters. The standard InChI is InChI=1S/C15H25N.CH2O3/c1-2-6-10-14(11-7-3-1)15-12-8-4-5-9-13-16-15;2-1(3)4/h10H,1-9,11-13H2;(H2,2,3,4)/b14-10+,16-15-;. The average Bonchev–Trinajstić information content (AvgIpc) is 2.28. The number of allylic oxidation sites excluding steroid dienone is 2. The fraction of sp³-hybridized carbons (Fsp3) is 0.750. The minimum absolute atomic E-state index is 1.08. The van der Waals surface area contributed by atoms with Gasteiger partial charge < -0.3 is 10.2 Å². The van der Waals surface area contributed by atoms with Crippen LogP contribution in [0.25, 0.3) is 0 Å². The molecule has 0 fully saturated rings. The van der Waals surface area contributed by atoms with Gasteiger partial charge in [-0.1, -0.05) is 31.8 Å². The van der Waals surface area contributed by atoms with E-state index < -0.39 is 6.16 Å². The molecule has 0 aromatic heterocycles. The number of carbonyl (C=O) groups is 1. The molecule has 0 atom stereocenters. The second kappa shape index (κ2) is 10.5. The van der Waals surface area contributed by atoms with Gasteiger partial charge in [0.15, 0.2) is 0 Å². The predicted octanol–water partition coefficient (Wildman–Crippen LogP) is 4.89. The van der Waals surface area contributed by atoms with Crippen molar-refractivity contribution in [2.75, 3.05) is 6.54 Å². The number of rotatable bonds is 1. The molecule has 2 aliphatic rings. The average molecular weight is 281 g/mol. The third-order valence-electron chi connectivity index (χ3n) is 3.79. The Morgan fingerprint density at radius 3 is 2.25 bits per heavy atom. The SMILES string of the molecule is C1=C(/C2=N\CCCCCC2)CCCCCC/1.O=C(O)O. The summed E-state index contributed by atoms with van der Waals surface area (Å²) < 4.78 is 0. The van der Waals surface area contributed by atoms with Crippen LogP contribution in [0.3, 0.4) is 0 Å². The summed E-state index contributed by atoms with van der Waals surface area (Å²) in [5.41, 5.74) is 3.06. The van der Waals surface area contributed by atoms with E-state index in [1.54, 1.807) is 5.57 Å². The lowest BCUT2D eigenvalue weighted by molar-refractivity contribution is 0.137. The molecule has 0 aromatic carbocycles. The van der Waals surface area contributed by atoms with Gasteiger partial charge >= 0.3 is 6.16 Å². The Balaban J connectivity index is 0.000000444. The molecule has 114 valence electrons. The molecule has 4 heteroatoms. The van der Waals surface area contributed by atoms with Crippen molar-refractivity contribution in [3.8, 4) is 0 Å². The lowest BCUT2D eigenvalue weighted by Gasteiger charge is -2.16. The zero-order chi connectivity index (χ0) is 14.6. The third kappa shape index (κ3) is 7.97. The summed E-state index contributed by atoms with van der Waals surface area (Å²) >= 11 is 0. The lowest BCUT2D eigenvalue weighted by Crippen LogP contribution is -2.08. The van der Waals surface area contributed by atoms with E-state index in [4.69, 9.17) is 20.0 Å². The quantitative estimate of drug-likeness (QED) is 0.718. The Bertz CT molecular complexity index is 316. The number of carboxylic acid groups (broad SMARTS) is 2. The summed E-state index contributed by atoms with van der Waals surface area (Å²) in [5, 5.41) is 13.9. The Labute approximate surface area is 121 Å². The molecule has 2 rings (SSSR count). The van der Waals surface area contributed by atoms with Crippen LogP contribution in [-0.4, -0.2) is 28.6 Å². The van der Waals surface area contributed by atoms with Gasteiger partial charge in [-0.05, 0) is 50.5 Å². The normalized spacial score (nSPS) is 26.0. The minimum atomic E-state index is -1.83. The summed E-state index contributed by atoms with van der Waals surface area (Å²) in [7, 11) is 0. The molecule has 2 N–H and O–H groups in total. The van der Waals surface area contributed by atoms with Gasteiger partial charge in [-0.3, -0.25) is 4.99 Å². The molecule has 0 bridgehead atoms. The Morgan fingerprint density at radius 1 is 0.900 bits per heavy atom. The van der Waals surface area contributed by atoms with Crippen LogP contribution in [0.4, 0.5) is 4.79 Å². The largest absolute Gasteiger partial charge is 0.503 e. The summed E-state index contributed by atoms with van der Waals surface area (Å²) in [4.78, 5) is 13.4. The second-order valence-corrected chi connectivity index (χ2v) is 5.46. The Morgan fingerprint density at radius 2 is 1.50 bits per heavy atom. The van der Waals surface area contributed by atoms with Crippen LogP contribution >= 0.6 is 0 Å². The fourth-order valence-corrected chi connectivity index (χ4v) is 2.77. The third-order valence-corrected chi connectivity index (χ3v) is 3.79. The molecule has 1 aliphatic carbocycles. The highest BCUT2D eigenvalue weighted by Crippen LogP contribution is 2.21. The molecule has 1 heterocycles. The van der Waals surface area contributed by atoms with E-state index in [1.165, 1.54) is 76.3 Å². The van der Waals surface area contributed by atoms with Gasteiger partial charge in [0.2, 0.25) is 0 Å². The Kier molecular flexibility index (Phi) is 8.76. The molecule has 0 saturated carbocycles. The van der Waals surface area contributed by atoms with Gasteiger partial charge in [0.1, 0.15) is 0 Å². The van der Waals surface area contributed by atoms with Crippen molar-refractivity contribution in [2.45, 2.75) is 70.6 Å². The highest BCUT2D eigenvalue weighted by Gasteiger charge is 2.10. The predicted molar refractivity (Wildman–Crippen MR) is 81.8 cm³/mol. The van der Waals surface area contributed by atoms with E-state index in [0.717, 1.165) is 6.54 Å². The molecule has 0 radical (unpaired) electrons. The van der Waals surface area contributed by atoms with Crippen LogP contribution < -0.4 is 0 Å². The van der Waals surface area contributed by atoms with Crippen LogP contribution in [0.2, 0.25) is 0 Å². The summed E-state index contributed by atoms with van der Waals surface area (Å²) in [6, 6.07) is 0. The van der Waals surface area contributed by atoms with Crippen LogP contribution in [0.1, 0.15) is 70.6 Å². The molecule has 0 amide bonds. The van der Waals surface area contributed by atoms with E-state index in [1.807, 2.05) is 0 Å². The zero-order valence-corrected chi connectivity index (χ0v) is 12.3. The fourth-order valence-electron chi connectivity index (χ4n) is 2.77. The van der Waals surface area contributed by atoms with Crippen molar-refractivity contribution >= 4 is 11.9 Å². The molecule has 0 saturated heterocycles. The maximum Gasteiger partial charge on any atom is 0.503 e. The van der Waals surface area contributed by atoms with Crippen molar-refractivity contribution in [3.05, 3.63) is 11.6 Å². The van der Waals surface area contributed by atoms with Crippen molar-refractivity contribution in [1.29, 1.82) is 0 Å². The Hall–Kier alpha value is -1.32. The molecule has 20 heavy (non-hydrogen) atoms. The molecule has 0 aromatic rings. The van der Waals surface area contributed by atoms with Crippen molar-refractivity contribution in [1.82, 2.24) is 0 Å². The van der Waals surface area contributed by atoms with Crippen LogP contribution in [0, 0.1) is 0 Å². The van der Waals surface area contributed by atoms with Gasteiger partial charge in [0, 0.05) is 12.3 Å². The first-order valence-electron chi connectivity index (χ1n) is 7.85. The first kappa shape index (κ1) is 16.7. The van der Waals surface area contributed by atoms with Crippen LogP contribution in [0.15, 0.2) is 16.6 Å². The summed E-state index contributed by atoms with van der Waals surface area (Å²) in [6.07, 6.45) is 15.5. The summed E-state index contributed by atoms with van der Waals surface area (Å²) in [5.74, 6) is 0. The molecule has 1 aliphatic heterocycles. The maximum absolute atomic E-state index is 8.56. The lowest BCUT2D eigenvalue weighted by atomic mass is 9.93. The van der Waals surface area contributed by atoms with Crippen LogP contribution in [0.5, 0.6) is 0 Å². The van der Waals surface area contributed by atoms with Gasteiger partial charge in [-0.15, -0.1) is 0 Å². The number of hydrogen-bond acceptors (Lipinski definition) is 2. The smallest absolute Gasteiger partial charge is 0.450 e. The second-order valence-electron chi connectivity index (χ2n) is 5.46. The van der Waals surface area contributed by atoms with Gasteiger partial charge in [-0.25, -0.2) is 4.79 Å². The van der Waals surface area contributed by atoms with Gasteiger partial charge in [0.05, 0.1) is 0 Å². The zero-order valence-electron chi connectivity index (χ0n) is 12.3. The van der Waals surface area contributed by atoms with E-state index in [9.17, 15) is 0 Å². The highest BCUT2D eigenvalue weighted by molar-refractivity contribution is 6.00. The molecule has 0 spiro atoms. The van der Waals surface area contributed by atoms with Crippen molar-refractivity contribution < 1.29 is 15.0 Å². The van der Waals surface area contributed by atoms with Gasteiger partial charge in [0.25, 0.3) is 0 Å². The van der Waals surface area contributed by atoms with E-state index in [0.29, 0.717) is 0 Å². The molecular weight excluding hydrogens is 254 g/mol. The minimum Gasteiger partial charge on any atom is -0.450 e. The monoisotopic (exact) mass is 281 g/mol. The van der Waals surface area contributed by atoms with Gasteiger partial charge in [-0.2, -0.15) is 0 Å². The number of hydrogen-bond donors (Lipinski definition) is 2. The first-order valence-corrected chi connectivity index (χ1v) is 7.85. The maximum atomic E-state index is 8.56. The van der Waals surface area contributed by atoms with E-state index in [-0.39, 0.29) is 0 Å². The first-order chi connectivity index (χ1) is 9.70. The number of nitrogens with zero attached hydrogens (tertiary/aromatic N) is 1. The van der Waals surface area contributed by atoms with Crippen molar-refractivity contribution in [2.24, 2.45) is 4.99 Å². The van der Waals surface area contributed by atoms with E-state index >= 15 is 0 Å². The van der Waals surface area contributed by atoms with Crippen LogP contribution in [-0.2, 0) is 0 Å². The topological polar surface area (TPSA) is 69.9 Å². The van der Waals surface area contributed by atoms with Crippen molar-refractivity contribution in [3.63, 3.8) is 0 Å².